The highest BCUT2D eigenvalue weighted by molar-refractivity contribution is 7.47. The van der Waals surface area contributed by atoms with Crippen molar-refractivity contribution in [1.82, 2.24) is 0 Å². The fourth-order valence-corrected chi connectivity index (χ4v) is 15.2. The average molecular weight is 1550 g/mol. The number of rotatable bonds is 86. The van der Waals surface area contributed by atoms with Crippen molar-refractivity contribution in [3.05, 3.63) is 0 Å². The van der Waals surface area contributed by atoms with Gasteiger partial charge >= 0.3 is 39.5 Å². The fourth-order valence-electron chi connectivity index (χ4n) is 13.6. The van der Waals surface area contributed by atoms with Gasteiger partial charge in [-0.25, -0.2) is 9.13 Å². The molecule has 0 aliphatic rings. The summed E-state index contributed by atoms with van der Waals surface area (Å²) in [5, 5.41) is 10.7. The molecule has 0 spiro atoms. The molecule has 0 radical (unpaired) electrons. The molecule has 0 saturated carbocycles. The van der Waals surface area contributed by atoms with Crippen LogP contribution in [0, 0.1) is 11.8 Å². The number of phosphoric acid groups is 2. The summed E-state index contributed by atoms with van der Waals surface area (Å²) in [6, 6.07) is 0. The maximum Gasteiger partial charge on any atom is 0.472 e. The third kappa shape index (κ3) is 80.1. The highest BCUT2D eigenvalue weighted by Crippen LogP contribution is 2.45. The fraction of sp³-hybridized carbons (Fsp3) is 0.954. The second-order valence-electron chi connectivity index (χ2n) is 32.2. The first-order chi connectivity index (χ1) is 51.4. The predicted octanol–water partition coefficient (Wildman–Crippen LogP) is 26.6. The van der Waals surface area contributed by atoms with Gasteiger partial charge in [-0.2, -0.15) is 0 Å². The first kappa shape index (κ1) is 104. The smallest absolute Gasteiger partial charge is 0.462 e. The molecule has 5 atom stereocenters. The van der Waals surface area contributed by atoms with Crippen molar-refractivity contribution in [2.45, 2.75) is 484 Å². The molecule has 3 N–H and O–H groups in total. The van der Waals surface area contributed by atoms with Crippen molar-refractivity contribution in [1.29, 1.82) is 0 Å². The number of aliphatic hydroxyl groups is 1. The molecule has 0 aromatic heterocycles. The number of esters is 4. The number of ether oxygens (including phenoxy) is 4. The van der Waals surface area contributed by atoms with Crippen molar-refractivity contribution < 1.29 is 80.2 Å². The topological polar surface area (TPSA) is 237 Å². The van der Waals surface area contributed by atoms with Crippen LogP contribution in [-0.4, -0.2) is 96.7 Å². The Morgan fingerprint density at radius 2 is 0.434 bits per heavy atom. The Bertz CT molecular complexity index is 2030. The standard InChI is InChI=1S/C87H170O17P2/c1-7-9-11-13-15-17-19-21-23-25-26-27-28-30-36-40-44-48-52-60-65-71-86(91)103-82(75-97-84(89)69-63-57-50-46-42-38-34-32-31-33-37-41-45-49-55-61-67-79(3)4)77-101-105(93,94)99-73-81(88)74-100-106(95,96)102-78-83(76-98-85(90)70-64-58-54-53-56-62-68-80(5)6)104-87(92)72-66-59-51-47-43-39-35-29-24-22-20-18-16-14-12-10-8-2/h79-83,88H,7-78H2,1-6H3,(H,93,94)(H,95,96)/t81-,82-,83-/m1/s1. The van der Waals surface area contributed by atoms with Gasteiger partial charge in [-0.15, -0.1) is 0 Å². The Hall–Kier alpha value is -1.94. The molecule has 0 bridgehead atoms. The average Bonchev–Trinajstić information content (AvgIpc) is 0.910. The number of hydrogen-bond acceptors (Lipinski definition) is 15. The lowest BCUT2D eigenvalue weighted by atomic mass is 10.0. The largest absolute Gasteiger partial charge is 0.472 e. The van der Waals surface area contributed by atoms with Gasteiger partial charge in [0.2, 0.25) is 0 Å². The van der Waals surface area contributed by atoms with Crippen LogP contribution in [0.1, 0.15) is 465 Å². The zero-order valence-electron chi connectivity index (χ0n) is 69.7. The first-order valence-corrected chi connectivity index (χ1v) is 48.0. The van der Waals surface area contributed by atoms with Crippen LogP contribution in [0.15, 0.2) is 0 Å². The monoisotopic (exact) mass is 1550 g/mol. The number of hydrogen-bond donors (Lipinski definition) is 3. The second kappa shape index (κ2) is 78.3. The molecular formula is C87H170O17P2. The van der Waals surface area contributed by atoms with Crippen LogP contribution in [0.3, 0.4) is 0 Å². The molecule has 0 amide bonds. The minimum Gasteiger partial charge on any atom is -0.462 e. The number of carbonyl (C=O) groups excluding carboxylic acids is 4. The number of aliphatic hydroxyl groups excluding tert-OH is 1. The summed E-state index contributed by atoms with van der Waals surface area (Å²) in [5.41, 5.74) is 0. The molecule has 0 fully saturated rings. The molecule has 0 rings (SSSR count). The van der Waals surface area contributed by atoms with Crippen LogP contribution < -0.4 is 0 Å². The van der Waals surface area contributed by atoms with Gasteiger partial charge in [0.25, 0.3) is 0 Å². The van der Waals surface area contributed by atoms with E-state index in [2.05, 4.69) is 41.5 Å². The zero-order valence-corrected chi connectivity index (χ0v) is 71.5. The van der Waals surface area contributed by atoms with Crippen LogP contribution in [0.4, 0.5) is 0 Å². The van der Waals surface area contributed by atoms with E-state index in [1.165, 1.54) is 276 Å². The maximum absolute atomic E-state index is 13.2. The molecule has 0 heterocycles. The second-order valence-corrected chi connectivity index (χ2v) is 35.1. The van der Waals surface area contributed by atoms with E-state index in [4.69, 9.17) is 37.0 Å². The maximum atomic E-state index is 13.2. The van der Waals surface area contributed by atoms with Crippen molar-refractivity contribution in [2.24, 2.45) is 11.8 Å². The SMILES string of the molecule is CCCCCCCCCCCCCCCCCCCCCCCC(=O)O[C@H](COC(=O)CCCCCCCCCCCCCCCCCCC(C)C)COP(=O)(O)OC[C@@H](O)COP(=O)(O)OC[C@@H](COC(=O)CCCCCCCCC(C)C)OC(=O)CCCCCCCCCCCCCCCCCCC. The van der Waals surface area contributed by atoms with E-state index in [0.717, 1.165) is 102 Å². The zero-order chi connectivity index (χ0) is 77.8. The summed E-state index contributed by atoms with van der Waals surface area (Å²) < 4.78 is 68.9. The molecule has 0 saturated heterocycles. The van der Waals surface area contributed by atoms with E-state index in [0.29, 0.717) is 31.6 Å². The molecule has 2 unspecified atom stereocenters. The molecule has 106 heavy (non-hydrogen) atoms. The third-order valence-corrected chi connectivity index (χ3v) is 22.4. The molecular weight excluding hydrogens is 1380 g/mol. The Labute approximate surface area is 651 Å². The normalized spacial score (nSPS) is 13.8. The highest BCUT2D eigenvalue weighted by Gasteiger charge is 2.30. The number of unbranched alkanes of at least 4 members (excludes halogenated alkanes) is 56. The molecule has 17 nitrogen and oxygen atoms in total. The number of carbonyl (C=O) groups is 4. The van der Waals surface area contributed by atoms with Crippen LogP contribution in [-0.2, 0) is 65.4 Å². The van der Waals surface area contributed by atoms with E-state index in [-0.39, 0.29) is 25.7 Å². The molecule has 19 heteroatoms. The molecule has 0 aliphatic carbocycles. The van der Waals surface area contributed by atoms with E-state index in [9.17, 15) is 43.2 Å². The van der Waals surface area contributed by atoms with E-state index in [1.807, 2.05) is 0 Å². The van der Waals surface area contributed by atoms with Crippen molar-refractivity contribution >= 4 is 39.5 Å². The van der Waals surface area contributed by atoms with Gasteiger partial charge in [0.05, 0.1) is 26.4 Å². The van der Waals surface area contributed by atoms with Gasteiger partial charge in [0.15, 0.2) is 12.2 Å². The Morgan fingerprint density at radius 1 is 0.255 bits per heavy atom. The summed E-state index contributed by atoms with van der Waals surface area (Å²) in [6.07, 6.45) is 71.1. The third-order valence-electron chi connectivity index (χ3n) is 20.5. The van der Waals surface area contributed by atoms with Gasteiger partial charge in [0, 0.05) is 25.7 Å². The van der Waals surface area contributed by atoms with E-state index < -0.39 is 97.5 Å². The summed E-state index contributed by atoms with van der Waals surface area (Å²) in [7, 11) is -9.93. The lowest BCUT2D eigenvalue weighted by Crippen LogP contribution is -2.30. The van der Waals surface area contributed by atoms with Crippen molar-refractivity contribution in [3.8, 4) is 0 Å². The van der Waals surface area contributed by atoms with Gasteiger partial charge in [-0.1, -0.05) is 414 Å². The van der Waals surface area contributed by atoms with Crippen LogP contribution >= 0.6 is 15.6 Å². The first-order valence-electron chi connectivity index (χ1n) is 45.0. The van der Waals surface area contributed by atoms with Gasteiger partial charge in [-0.05, 0) is 37.5 Å². The van der Waals surface area contributed by atoms with Crippen LogP contribution in [0.5, 0.6) is 0 Å². The minimum atomic E-state index is -4.97. The summed E-state index contributed by atoms with van der Waals surface area (Å²) in [5.74, 6) is -0.611. The Balaban J connectivity index is 5.20. The van der Waals surface area contributed by atoms with E-state index >= 15 is 0 Å². The Morgan fingerprint density at radius 3 is 0.642 bits per heavy atom. The van der Waals surface area contributed by atoms with Gasteiger partial charge in [0.1, 0.15) is 19.3 Å². The molecule has 630 valence electrons. The predicted molar refractivity (Wildman–Crippen MR) is 437 cm³/mol. The molecule has 0 aromatic rings. The highest BCUT2D eigenvalue weighted by atomic mass is 31.2. The van der Waals surface area contributed by atoms with Crippen molar-refractivity contribution in [3.63, 3.8) is 0 Å². The molecule has 0 aromatic carbocycles. The van der Waals surface area contributed by atoms with Gasteiger partial charge in [-0.3, -0.25) is 37.3 Å². The van der Waals surface area contributed by atoms with Crippen LogP contribution in [0.25, 0.3) is 0 Å². The number of phosphoric ester groups is 2. The minimum absolute atomic E-state index is 0.108. The summed E-state index contributed by atoms with van der Waals surface area (Å²) >= 11 is 0. The molecule has 0 aliphatic heterocycles. The van der Waals surface area contributed by atoms with Gasteiger partial charge < -0.3 is 33.8 Å². The Kier molecular flexibility index (Phi) is 76.9. The lowest BCUT2D eigenvalue weighted by molar-refractivity contribution is -0.161. The quantitative estimate of drug-likeness (QED) is 0.0222. The van der Waals surface area contributed by atoms with E-state index in [1.54, 1.807) is 0 Å². The van der Waals surface area contributed by atoms with Crippen molar-refractivity contribution in [2.75, 3.05) is 39.6 Å². The van der Waals surface area contributed by atoms with Crippen LogP contribution in [0.2, 0.25) is 0 Å². The summed E-state index contributed by atoms with van der Waals surface area (Å²) in [4.78, 5) is 73.2. The summed E-state index contributed by atoms with van der Waals surface area (Å²) in [6.45, 7) is 9.63. The lowest BCUT2D eigenvalue weighted by Gasteiger charge is -2.21.